The number of fused-ring (bicyclic) bond motifs is 2. The van der Waals surface area contributed by atoms with Crippen molar-refractivity contribution >= 4 is 28.8 Å². The number of anilines is 1. The minimum Gasteiger partial charge on any atom is -0.464 e. The zero-order chi connectivity index (χ0) is 19.8. The second-order valence-corrected chi connectivity index (χ2v) is 8.15. The molecule has 1 aromatic heterocycles. The average Bonchev–Trinajstić information content (AvgIpc) is 3.39. The first kappa shape index (κ1) is 18.1. The third-order valence-electron chi connectivity index (χ3n) is 6.43. The summed E-state index contributed by atoms with van der Waals surface area (Å²) in [5, 5.41) is 4.06. The quantitative estimate of drug-likeness (QED) is 0.650. The number of aldehydes is 1. The number of amides is 1. The number of nitrogens with zero attached hydrogens (tertiary/aromatic N) is 1. The zero-order valence-corrected chi connectivity index (χ0v) is 16.3. The predicted molar refractivity (Wildman–Crippen MR) is 113 cm³/mol. The number of carbonyl (C=O) groups is 2. The summed E-state index contributed by atoms with van der Waals surface area (Å²) in [5.41, 5.74) is 3.96. The van der Waals surface area contributed by atoms with Gasteiger partial charge in [0, 0.05) is 33.8 Å². The van der Waals surface area contributed by atoms with E-state index in [1.54, 1.807) is 24.3 Å². The molecule has 29 heavy (non-hydrogen) atoms. The number of hydrogen-bond donors (Lipinski definition) is 1. The number of nitrogens with one attached hydrogen (secondary N) is 1. The number of carbonyl (C=O) groups excluding carboxylic acids is 2. The maximum atomic E-state index is 12.6. The average molecular weight is 388 g/mol. The molecule has 2 aliphatic rings. The van der Waals surface area contributed by atoms with Crippen molar-refractivity contribution in [3.8, 4) is 0 Å². The summed E-state index contributed by atoms with van der Waals surface area (Å²) in [6.07, 6.45) is 7.64. The van der Waals surface area contributed by atoms with Gasteiger partial charge < -0.3 is 14.6 Å². The van der Waals surface area contributed by atoms with Gasteiger partial charge in [-0.15, -0.1) is 0 Å². The summed E-state index contributed by atoms with van der Waals surface area (Å²) in [7, 11) is 0. The molecule has 2 atom stereocenters. The van der Waals surface area contributed by atoms with Crippen molar-refractivity contribution in [1.82, 2.24) is 4.90 Å². The highest BCUT2D eigenvalue weighted by molar-refractivity contribution is 6.05. The molecule has 2 fully saturated rings. The SMILES string of the molecule is O=Cc1ccc(C(=O)Nc2ccc3occ(C4CCN5CCCC5C4)c3c2)cc1. The van der Waals surface area contributed by atoms with Gasteiger partial charge in [-0.3, -0.25) is 9.59 Å². The van der Waals surface area contributed by atoms with Gasteiger partial charge in [0.2, 0.25) is 0 Å². The fraction of sp³-hybridized carbons (Fsp3) is 0.333. The van der Waals surface area contributed by atoms with Crippen LogP contribution >= 0.6 is 0 Å². The Morgan fingerprint density at radius 1 is 1.10 bits per heavy atom. The van der Waals surface area contributed by atoms with Crippen LogP contribution in [0.3, 0.4) is 0 Å². The van der Waals surface area contributed by atoms with Gasteiger partial charge in [-0.2, -0.15) is 0 Å². The highest BCUT2D eigenvalue weighted by Crippen LogP contribution is 2.40. The van der Waals surface area contributed by atoms with Crippen LogP contribution in [0.15, 0.2) is 53.1 Å². The predicted octanol–water partition coefficient (Wildman–Crippen LogP) is 4.84. The number of rotatable bonds is 4. The van der Waals surface area contributed by atoms with Crippen LogP contribution in [0.5, 0.6) is 0 Å². The molecule has 2 aromatic carbocycles. The van der Waals surface area contributed by atoms with Crippen molar-refractivity contribution in [2.24, 2.45) is 0 Å². The number of hydrogen-bond acceptors (Lipinski definition) is 4. The van der Waals surface area contributed by atoms with Gasteiger partial charge >= 0.3 is 0 Å². The Morgan fingerprint density at radius 3 is 2.79 bits per heavy atom. The largest absolute Gasteiger partial charge is 0.464 e. The summed E-state index contributed by atoms with van der Waals surface area (Å²) >= 11 is 0. The van der Waals surface area contributed by atoms with Crippen molar-refractivity contribution in [3.05, 3.63) is 65.4 Å². The van der Waals surface area contributed by atoms with Gasteiger partial charge in [-0.1, -0.05) is 12.1 Å². The van der Waals surface area contributed by atoms with Crippen LogP contribution in [-0.4, -0.2) is 36.2 Å². The van der Waals surface area contributed by atoms with Gasteiger partial charge in [0.25, 0.3) is 5.91 Å². The second-order valence-electron chi connectivity index (χ2n) is 8.15. The maximum Gasteiger partial charge on any atom is 0.255 e. The Balaban J connectivity index is 1.37. The molecule has 3 aromatic rings. The lowest BCUT2D eigenvalue weighted by Crippen LogP contribution is -2.37. The molecule has 0 bridgehead atoms. The molecule has 148 valence electrons. The molecule has 2 aliphatic heterocycles. The van der Waals surface area contributed by atoms with E-state index in [2.05, 4.69) is 10.2 Å². The van der Waals surface area contributed by atoms with Crippen LogP contribution in [0.2, 0.25) is 0 Å². The van der Waals surface area contributed by atoms with E-state index in [0.717, 1.165) is 35.9 Å². The van der Waals surface area contributed by atoms with Crippen LogP contribution in [-0.2, 0) is 0 Å². The topological polar surface area (TPSA) is 62.6 Å². The van der Waals surface area contributed by atoms with Gasteiger partial charge in [-0.05, 0) is 75.0 Å². The Kier molecular flexibility index (Phi) is 4.68. The number of benzene rings is 2. The maximum absolute atomic E-state index is 12.6. The summed E-state index contributed by atoms with van der Waals surface area (Å²) in [6, 6.07) is 13.1. The van der Waals surface area contributed by atoms with Crippen LogP contribution in [0.4, 0.5) is 5.69 Å². The lowest BCUT2D eigenvalue weighted by Gasteiger charge is -2.34. The molecule has 5 rings (SSSR count). The van der Waals surface area contributed by atoms with E-state index in [1.807, 2.05) is 24.5 Å². The van der Waals surface area contributed by atoms with Crippen LogP contribution in [0.25, 0.3) is 11.0 Å². The zero-order valence-electron chi connectivity index (χ0n) is 16.3. The van der Waals surface area contributed by atoms with Crippen molar-refractivity contribution in [2.75, 3.05) is 18.4 Å². The molecule has 0 saturated carbocycles. The molecule has 2 unspecified atom stereocenters. The van der Waals surface area contributed by atoms with E-state index < -0.39 is 0 Å². The van der Waals surface area contributed by atoms with Gasteiger partial charge in [0.1, 0.15) is 11.9 Å². The highest BCUT2D eigenvalue weighted by atomic mass is 16.3. The van der Waals surface area contributed by atoms with Gasteiger partial charge in [0.15, 0.2) is 0 Å². The van der Waals surface area contributed by atoms with E-state index in [1.165, 1.54) is 31.4 Å². The van der Waals surface area contributed by atoms with Crippen LogP contribution in [0, 0.1) is 0 Å². The molecule has 5 nitrogen and oxygen atoms in total. The van der Waals surface area contributed by atoms with Crippen molar-refractivity contribution in [2.45, 2.75) is 37.6 Å². The standard InChI is InChI=1S/C24H24N2O3/c27-14-16-3-5-17(6-4-16)24(28)25-19-7-8-23-21(13-19)22(15-29-23)18-9-11-26-10-1-2-20(26)12-18/h3-8,13-15,18,20H,1-2,9-12H2,(H,25,28). The van der Waals surface area contributed by atoms with E-state index in [4.69, 9.17) is 4.42 Å². The monoisotopic (exact) mass is 388 g/mol. The first-order chi connectivity index (χ1) is 14.2. The summed E-state index contributed by atoms with van der Waals surface area (Å²) in [6.45, 7) is 2.41. The van der Waals surface area contributed by atoms with Crippen LogP contribution < -0.4 is 5.32 Å². The Morgan fingerprint density at radius 2 is 1.97 bits per heavy atom. The smallest absolute Gasteiger partial charge is 0.255 e. The molecule has 0 radical (unpaired) electrons. The summed E-state index contributed by atoms with van der Waals surface area (Å²) < 4.78 is 5.82. The molecule has 2 saturated heterocycles. The Bertz CT molecular complexity index is 1050. The summed E-state index contributed by atoms with van der Waals surface area (Å²) in [4.78, 5) is 26.0. The van der Waals surface area contributed by atoms with E-state index in [0.29, 0.717) is 23.1 Å². The number of piperidine rings is 1. The van der Waals surface area contributed by atoms with E-state index >= 15 is 0 Å². The Hall–Kier alpha value is -2.92. The first-order valence-corrected chi connectivity index (χ1v) is 10.3. The van der Waals surface area contributed by atoms with Crippen molar-refractivity contribution < 1.29 is 14.0 Å². The van der Waals surface area contributed by atoms with Crippen LogP contribution in [0.1, 0.15) is 57.9 Å². The Labute approximate surface area is 169 Å². The normalized spacial score (nSPS) is 21.8. The van der Waals surface area contributed by atoms with E-state index in [9.17, 15) is 9.59 Å². The molecular formula is C24H24N2O3. The lowest BCUT2D eigenvalue weighted by atomic mass is 9.85. The lowest BCUT2D eigenvalue weighted by molar-refractivity contribution is 0.102. The molecule has 1 amide bonds. The molecule has 0 spiro atoms. The molecule has 5 heteroatoms. The van der Waals surface area contributed by atoms with Crippen molar-refractivity contribution in [1.29, 1.82) is 0 Å². The van der Waals surface area contributed by atoms with Gasteiger partial charge in [0.05, 0.1) is 6.26 Å². The number of furan rings is 1. The third kappa shape index (κ3) is 3.47. The fourth-order valence-electron chi connectivity index (χ4n) is 4.87. The molecule has 0 aliphatic carbocycles. The first-order valence-electron chi connectivity index (χ1n) is 10.3. The van der Waals surface area contributed by atoms with E-state index in [-0.39, 0.29) is 5.91 Å². The summed E-state index contributed by atoms with van der Waals surface area (Å²) in [5.74, 6) is 0.323. The minimum absolute atomic E-state index is 0.189. The fourth-order valence-corrected chi connectivity index (χ4v) is 4.87. The minimum atomic E-state index is -0.189. The highest BCUT2D eigenvalue weighted by Gasteiger charge is 2.33. The molecule has 1 N–H and O–H groups in total. The second kappa shape index (κ2) is 7.48. The van der Waals surface area contributed by atoms with Crippen molar-refractivity contribution in [3.63, 3.8) is 0 Å². The third-order valence-corrected chi connectivity index (χ3v) is 6.43. The molecular weight excluding hydrogens is 364 g/mol. The molecule has 3 heterocycles. The van der Waals surface area contributed by atoms with Gasteiger partial charge in [-0.25, -0.2) is 0 Å².